The summed E-state index contributed by atoms with van der Waals surface area (Å²) >= 11 is 0. The minimum atomic E-state index is -0.732. The van der Waals surface area contributed by atoms with Gasteiger partial charge >= 0.3 is 11.8 Å². The third-order valence-electron chi connectivity index (χ3n) is 2.79. The predicted molar refractivity (Wildman–Crippen MR) is 75.4 cm³/mol. The van der Waals surface area contributed by atoms with Gasteiger partial charge in [0.05, 0.1) is 6.54 Å². The number of hydrogen-bond acceptors (Lipinski definition) is 4. The number of anilines is 1. The molecule has 0 aliphatic heterocycles. The lowest BCUT2D eigenvalue weighted by Crippen LogP contribution is -2.40. The van der Waals surface area contributed by atoms with Gasteiger partial charge in [-0.05, 0) is 25.5 Å². The zero-order chi connectivity index (χ0) is 15.1. The van der Waals surface area contributed by atoms with E-state index in [1.54, 1.807) is 6.07 Å². The monoisotopic (exact) mass is 280 g/mol. The number of aryl methyl sites for hydroxylation is 2. The Hall–Kier alpha value is -1.92. The number of amides is 2. The molecule has 20 heavy (non-hydrogen) atoms. The molecule has 0 fully saturated rings. The van der Waals surface area contributed by atoms with E-state index in [0.29, 0.717) is 5.69 Å². The van der Waals surface area contributed by atoms with E-state index >= 15 is 0 Å². The van der Waals surface area contributed by atoms with Gasteiger partial charge in [-0.2, -0.15) is 0 Å². The number of carbonyl (C=O) groups excluding carboxylic acids is 2. The highest BCUT2D eigenvalue weighted by Crippen LogP contribution is 2.15. The summed E-state index contributed by atoms with van der Waals surface area (Å²) in [6.45, 7) is 3.93. The van der Waals surface area contributed by atoms with Crippen molar-refractivity contribution in [1.82, 2.24) is 5.32 Å². The average Bonchev–Trinajstić information content (AvgIpc) is 2.42. The number of rotatable bonds is 5. The Kier molecular flexibility index (Phi) is 6.14. The van der Waals surface area contributed by atoms with E-state index in [1.807, 2.05) is 26.0 Å². The van der Waals surface area contributed by atoms with Crippen LogP contribution in [0.3, 0.4) is 0 Å². The standard InChI is InChI=1S/C14H20N2O4/c1-9-5-6-11(10(2)7-9)16-14(18)13(17)15-8-12(19-3)20-4/h5-7,12H,8H2,1-4H3,(H,15,17)(H,16,18). The number of benzene rings is 1. The van der Waals surface area contributed by atoms with Gasteiger partial charge in [0.2, 0.25) is 0 Å². The predicted octanol–water partition coefficient (Wildman–Crippen LogP) is 0.977. The minimum absolute atomic E-state index is 0.103. The lowest BCUT2D eigenvalue weighted by molar-refractivity contribution is -0.139. The molecule has 0 spiro atoms. The molecule has 0 aliphatic carbocycles. The highest BCUT2D eigenvalue weighted by molar-refractivity contribution is 6.39. The second-order valence-electron chi connectivity index (χ2n) is 4.38. The molecule has 0 bridgehead atoms. The molecule has 1 rings (SSSR count). The van der Waals surface area contributed by atoms with E-state index in [-0.39, 0.29) is 6.54 Å². The molecular formula is C14H20N2O4. The summed E-state index contributed by atoms with van der Waals surface area (Å²) < 4.78 is 9.82. The molecule has 0 unspecified atom stereocenters. The van der Waals surface area contributed by atoms with Crippen molar-refractivity contribution in [3.8, 4) is 0 Å². The zero-order valence-electron chi connectivity index (χ0n) is 12.1. The molecule has 2 amide bonds. The normalized spacial score (nSPS) is 10.4. The Morgan fingerprint density at radius 1 is 1.15 bits per heavy atom. The summed E-state index contributed by atoms with van der Waals surface area (Å²) in [5.74, 6) is -1.45. The molecular weight excluding hydrogens is 260 g/mol. The summed E-state index contributed by atoms with van der Waals surface area (Å²) in [6.07, 6.45) is -0.576. The highest BCUT2D eigenvalue weighted by Gasteiger charge is 2.16. The van der Waals surface area contributed by atoms with Gasteiger partial charge in [0.25, 0.3) is 0 Å². The summed E-state index contributed by atoms with van der Waals surface area (Å²) in [7, 11) is 2.91. The first-order valence-electron chi connectivity index (χ1n) is 6.20. The summed E-state index contributed by atoms with van der Waals surface area (Å²) in [5, 5.41) is 5.00. The second-order valence-corrected chi connectivity index (χ2v) is 4.38. The quantitative estimate of drug-likeness (QED) is 0.622. The van der Waals surface area contributed by atoms with Crippen LogP contribution in [0, 0.1) is 13.8 Å². The molecule has 6 nitrogen and oxygen atoms in total. The molecule has 0 saturated carbocycles. The van der Waals surface area contributed by atoms with E-state index in [2.05, 4.69) is 10.6 Å². The van der Waals surface area contributed by atoms with Gasteiger partial charge in [0.15, 0.2) is 6.29 Å². The molecule has 0 saturated heterocycles. The fraction of sp³-hybridized carbons (Fsp3) is 0.429. The van der Waals surface area contributed by atoms with Crippen LogP contribution < -0.4 is 10.6 Å². The van der Waals surface area contributed by atoms with Crippen LogP contribution in [0.2, 0.25) is 0 Å². The molecule has 1 aromatic carbocycles. The Labute approximate surface area is 118 Å². The Morgan fingerprint density at radius 3 is 2.35 bits per heavy atom. The first kappa shape index (κ1) is 16.1. The van der Waals surface area contributed by atoms with Crippen molar-refractivity contribution in [3.63, 3.8) is 0 Å². The number of nitrogens with one attached hydrogen (secondary N) is 2. The summed E-state index contributed by atoms with van der Waals surface area (Å²) in [6, 6.07) is 5.56. The second kappa shape index (κ2) is 7.62. The molecule has 0 atom stereocenters. The van der Waals surface area contributed by atoms with Crippen LogP contribution in [-0.4, -0.2) is 38.9 Å². The lowest BCUT2D eigenvalue weighted by Gasteiger charge is -2.14. The largest absolute Gasteiger partial charge is 0.354 e. The molecule has 110 valence electrons. The summed E-state index contributed by atoms with van der Waals surface area (Å²) in [5.41, 5.74) is 2.61. The third-order valence-corrected chi connectivity index (χ3v) is 2.79. The molecule has 0 aromatic heterocycles. The van der Waals surface area contributed by atoms with E-state index < -0.39 is 18.1 Å². The maximum Gasteiger partial charge on any atom is 0.313 e. The van der Waals surface area contributed by atoms with E-state index in [1.165, 1.54) is 14.2 Å². The van der Waals surface area contributed by atoms with Gasteiger partial charge in [-0.3, -0.25) is 9.59 Å². The first-order chi connectivity index (χ1) is 9.47. The van der Waals surface area contributed by atoms with Crippen LogP contribution >= 0.6 is 0 Å². The molecule has 2 N–H and O–H groups in total. The van der Waals surface area contributed by atoms with Gasteiger partial charge in [0.1, 0.15) is 0 Å². The van der Waals surface area contributed by atoms with Crippen molar-refractivity contribution in [3.05, 3.63) is 29.3 Å². The van der Waals surface area contributed by atoms with Gasteiger partial charge in [-0.25, -0.2) is 0 Å². The number of ether oxygens (including phenoxy) is 2. The number of methoxy groups -OCH3 is 2. The van der Waals surface area contributed by atoms with Gasteiger partial charge < -0.3 is 20.1 Å². The molecule has 0 radical (unpaired) electrons. The maximum atomic E-state index is 11.7. The zero-order valence-corrected chi connectivity index (χ0v) is 12.1. The highest BCUT2D eigenvalue weighted by atomic mass is 16.7. The fourth-order valence-electron chi connectivity index (χ4n) is 1.65. The van der Waals surface area contributed by atoms with Gasteiger partial charge in [-0.15, -0.1) is 0 Å². The van der Waals surface area contributed by atoms with Crippen LogP contribution in [0.15, 0.2) is 18.2 Å². The van der Waals surface area contributed by atoms with E-state index in [9.17, 15) is 9.59 Å². The SMILES string of the molecule is COC(CNC(=O)C(=O)Nc1ccc(C)cc1C)OC. The molecule has 6 heteroatoms. The average molecular weight is 280 g/mol. The topological polar surface area (TPSA) is 76.7 Å². The Balaban J connectivity index is 2.55. The number of hydrogen-bond donors (Lipinski definition) is 2. The summed E-state index contributed by atoms with van der Waals surface area (Å²) in [4.78, 5) is 23.4. The van der Waals surface area contributed by atoms with E-state index in [4.69, 9.17) is 9.47 Å². The van der Waals surface area contributed by atoms with Gasteiger partial charge in [0, 0.05) is 19.9 Å². The van der Waals surface area contributed by atoms with Crippen LogP contribution in [-0.2, 0) is 19.1 Å². The van der Waals surface area contributed by atoms with Crippen LogP contribution in [0.1, 0.15) is 11.1 Å². The van der Waals surface area contributed by atoms with Crippen molar-refractivity contribution in [2.45, 2.75) is 20.1 Å². The molecule has 1 aromatic rings. The minimum Gasteiger partial charge on any atom is -0.354 e. The van der Waals surface area contributed by atoms with Crippen LogP contribution in [0.25, 0.3) is 0 Å². The fourth-order valence-corrected chi connectivity index (χ4v) is 1.65. The van der Waals surface area contributed by atoms with Crippen molar-refractivity contribution in [2.75, 3.05) is 26.1 Å². The Morgan fingerprint density at radius 2 is 1.80 bits per heavy atom. The number of carbonyl (C=O) groups is 2. The lowest BCUT2D eigenvalue weighted by atomic mass is 10.1. The van der Waals surface area contributed by atoms with Crippen LogP contribution in [0.4, 0.5) is 5.69 Å². The van der Waals surface area contributed by atoms with Crippen molar-refractivity contribution >= 4 is 17.5 Å². The van der Waals surface area contributed by atoms with Crippen molar-refractivity contribution in [1.29, 1.82) is 0 Å². The first-order valence-corrected chi connectivity index (χ1v) is 6.20. The smallest absolute Gasteiger partial charge is 0.313 e. The maximum absolute atomic E-state index is 11.7. The van der Waals surface area contributed by atoms with Crippen LogP contribution in [0.5, 0.6) is 0 Å². The van der Waals surface area contributed by atoms with E-state index in [0.717, 1.165) is 11.1 Å². The third kappa shape index (κ3) is 4.64. The molecule has 0 aliphatic rings. The van der Waals surface area contributed by atoms with Gasteiger partial charge in [-0.1, -0.05) is 17.7 Å². The van der Waals surface area contributed by atoms with Crippen molar-refractivity contribution in [2.24, 2.45) is 0 Å². The van der Waals surface area contributed by atoms with Crippen molar-refractivity contribution < 1.29 is 19.1 Å². The Bertz CT molecular complexity index is 484. The molecule has 0 heterocycles.